The van der Waals surface area contributed by atoms with Gasteiger partial charge in [0.25, 0.3) is 5.91 Å². The molecule has 0 spiro atoms. The number of hydrogen-bond donors (Lipinski definition) is 1. The number of halogens is 1. The average molecular weight is 384 g/mol. The van der Waals surface area contributed by atoms with Gasteiger partial charge in [0.15, 0.2) is 6.10 Å². The largest absolute Gasteiger partial charge is 0.452 e. The van der Waals surface area contributed by atoms with Crippen LogP contribution in [0.25, 0.3) is 0 Å². The van der Waals surface area contributed by atoms with Gasteiger partial charge < -0.3 is 15.0 Å². The topological polar surface area (TPSA) is 75.7 Å². The molecule has 146 valence electrons. The first-order valence-corrected chi connectivity index (χ1v) is 9.01. The quantitative estimate of drug-likeness (QED) is 0.777. The molecule has 28 heavy (non-hydrogen) atoms. The number of carbonyl (C=O) groups excluding carboxylic acids is 3. The Morgan fingerprint density at radius 2 is 1.86 bits per heavy atom. The van der Waals surface area contributed by atoms with Gasteiger partial charge in [0, 0.05) is 25.2 Å². The van der Waals surface area contributed by atoms with E-state index < -0.39 is 29.7 Å². The SMILES string of the molecule is CC(OC(=O)C1CC(=O)N(Cc2ccccc2)C1)C(=O)Nc1ccc(F)cc1. The summed E-state index contributed by atoms with van der Waals surface area (Å²) in [6, 6.07) is 14.8. The van der Waals surface area contributed by atoms with Crippen LogP contribution in [0.1, 0.15) is 18.9 Å². The van der Waals surface area contributed by atoms with Crippen LogP contribution in [0.2, 0.25) is 0 Å². The van der Waals surface area contributed by atoms with Crippen molar-refractivity contribution in [2.24, 2.45) is 5.92 Å². The zero-order valence-corrected chi connectivity index (χ0v) is 15.4. The molecule has 3 rings (SSSR count). The van der Waals surface area contributed by atoms with Crippen LogP contribution in [0.5, 0.6) is 0 Å². The number of ether oxygens (including phenoxy) is 1. The first-order valence-electron chi connectivity index (χ1n) is 9.01. The molecule has 1 saturated heterocycles. The van der Waals surface area contributed by atoms with Crippen molar-refractivity contribution in [2.75, 3.05) is 11.9 Å². The molecular formula is C21H21FN2O4. The Labute approximate surface area is 162 Å². The molecule has 1 aliphatic heterocycles. The third kappa shape index (κ3) is 4.94. The van der Waals surface area contributed by atoms with Crippen LogP contribution in [0.3, 0.4) is 0 Å². The minimum absolute atomic E-state index is 0.0674. The monoisotopic (exact) mass is 384 g/mol. The van der Waals surface area contributed by atoms with Crippen LogP contribution >= 0.6 is 0 Å². The van der Waals surface area contributed by atoms with Gasteiger partial charge in [-0.1, -0.05) is 30.3 Å². The molecule has 2 unspecified atom stereocenters. The number of nitrogens with zero attached hydrogens (tertiary/aromatic N) is 1. The van der Waals surface area contributed by atoms with Crippen molar-refractivity contribution in [1.82, 2.24) is 4.90 Å². The lowest BCUT2D eigenvalue weighted by molar-refractivity contribution is -0.157. The molecule has 7 heteroatoms. The summed E-state index contributed by atoms with van der Waals surface area (Å²) in [5.74, 6) is -2.23. The number of likely N-dealkylation sites (tertiary alicyclic amines) is 1. The summed E-state index contributed by atoms with van der Waals surface area (Å²) in [6.07, 6.45) is -0.964. The standard InChI is InChI=1S/C21H21FN2O4/c1-14(20(26)23-18-9-7-17(22)8-10-18)28-21(27)16-11-19(25)24(13-16)12-15-5-3-2-4-6-15/h2-10,14,16H,11-13H2,1H3,(H,23,26). The van der Waals surface area contributed by atoms with Gasteiger partial charge in [-0.3, -0.25) is 14.4 Å². The summed E-state index contributed by atoms with van der Waals surface area (Å²) in [7, 11) is 0. The minimum Gasteiger partial charge on any atom is -0.452 e. The fraction of sp³-hybridized carbons (Fsp3) is 0.286. The number of benzene rings is 2. The van der Waals surface area contributed by atoms with Crippen molar-refractivity contribution >= 4 is 23.5 Å². The second-order valence-corrected chi connectivity index (χ2v) is 6.74. The van der Waals surface area contributed by atoms with Crippen LogP contribution in [-0.4, -0.2) is 35.3 Å². The van der Waals surface area contributed by atoms with Gasteiger partial charge in [-0.05, 0) is 36.8 Å². The van der Waals surface area contributed by atoms with Crippen LogP contribution in [-0.2, 0) is 25.7 Å². The van der Waals surface area contributed by atoms with Gasteiger partial charge >= 0.3 is 5.97 Å². The molecule has 0 bridgehead atoms. The molecule has 0 aliphatic carbocycles. The van der Waals surface area contributed by atoms with E-state index in [1.807, 2.05) is 30.3 Å². The first-order chi connectivity index (χ1) is 13.4. The fourth-order valence-electron chi connectivity index (χ4n) is 2.99. The lowest BCUT2D eigenvalue weighted by atomic mass is 10.1. The van der Waals surface area contributed by atoms with Crippen LogP contribution in [0, 0.1) is 11.7 Å². The molecule has 2 aromatic carbocycles. The molecule has 1 aliphatic rings. The molecule has 2 aromatic rings. The van der Waals surface area contributed by atoms with E-state index in [1.165, 1.54) is 31.2 Å². The first kappa shape index (κ1) is 19.5. The number of rotatable bonds is 6. The van der Waals surface area contributed by atoms with Gasteiger partial charge in [0.2, 0.25) is 5.91 Å². The van der Waals surface area contributed by atoms with Crippen molar-refractivity contribution in [3.05, 3.63) is 66.0 Å². The van der Waals surface area contributed by atoms with Crippen LogP contribution < -0.4 is 5.32 Å². The van der Waals surface area contributed by atoms with Gasteiger partial charge in [0.1, 0.15) is 5.82 Å². The maximum Gasteiger partial charge on any atom is 0.312 e. The maximum atomic E-state index is 12.9. The minimum atomic E-state index is -1.03. The number of esters is 1. The van der Waals surface area contributed by atoms with E-state index in [0.29, 0.717) is 12.2 Å². The van der Waals surface area contributed by atoms with E-state index in [9.17, 15) is 18.8 Å². The Morgan fingerprint density at radius 1 is 1.18 bits per heavy atom. The van der Waals surface area contributed by atoms with E-state index in [-0.39, 0.29) is 18.9 Å². The average Bonchev–Trinajstić information content (AvgIpc) is 3.05. The third-order valence-corrected chi connectivity index (χ3v) is 4.54. The van der Waals surface area contributed by atoms with Crippen LogP contribution in [0.4, 0.5) is 10.1 Å². The second kappa shape index (κ2) is 8.65. The third-order valence-electron chi connectivity index (χ3n) is 4.54. The lowest BCUT2D eigenvalue weighted by Gasteiger charge is -2.18. The van der Waals surface area contributed by atoms with Gasteiger partial charge in [-0.25, -0.2) is 4.39 Å². The summed E-state index contributed by atoms with van der Waals surface area (Å²) < 4.78 is 18.1. The Balaban J connectivity index is 1.51. The molecule has 6 nitrogen and oxygen atoms in total. The highest BCUT2D eigenvalue weighted by Crippen LogP contribution is 2.22. The highest BCUT2D eigenvalue weighted by atomic mass is 19.1. The number of carbonyl (C=O) groups is 3. The number of hydrogen-bond acceptors (Lipinski definition) is 4. The number of amides is 2. The van der Waals surface area contributed by atoms with E-state index in [4.69, 9.17) is 4.74 Å². The Bertz CT molecular complexity index is 854. The van der Waals surface area contributed by atoms with Gasteiger partial charge in [-0.2, -0.15) is 0 Å². The molecule has 1 fully saturated rings. The van der Waals surface area contributed by atoms with E-state index >= 15 is 0 Å². The predicted molar refractivity (Wildman–Crippen MR) is 101 cm³/mol. The molecule has 0 radical (unpaired) electrons. The normalized spacial score (nSPS) is 17.3. The van der Waals surface area contributed by atoms with Crippen molar-refractivity contribution in [3.63, 3.8) is 0 Å². The zero-order valence-electron chi connectivity index (χ0n) is 15.4. The summed E-state index contributed by atoms with van der Waals surface area (Å²) in [5, 5.41) is 2.55. The van der Waals surface area contributed by atoms with E-state index in [1.54, 1.807) is 4.90 Å². The van der Waals surface area contributed by atoms with Crippen LogP contribution in [0.15, 0.2) is 54.6 Å². The molecule has 2 amide bonds. The van der Waals surface area contributed by atoms with Crippen molar-refractivity contribution in [2.45, 2.75) is 26.0 Å². The van der Waals surface area contributed by atoms with E-state index in [2.05, 4.69) is 5.32 Å². The molecule has 0 aromatic heterocycles. The van der Waals surface area contributed by atoms with Crippen molar-refractivity contribution in [3.8, 4) is 0 Å². The maximum absolute atomic E-state index is 12.9. The lowest BCUT2D eigenvalue weighted by Crippen LogP contribution is -2.33. The molecule has 1 N–H and O–H groups in total. The van der Waals surface area contributed by atoms with Crippen molar-refractivity contribution in [1.29, 1.82) is 0 Å². The highest BCUT2D eigenvalue weighted by Gasteiger charge is 2.36. The predicted octanol–water partition coefficient (Wildman–Crippen LogP) is 2.74. The van der Waals surface area contributed by atoms with Gasteiger partial charge in [0.05, 0.1) is 5.92 Å². The summed E-state index contributed by atoms with van der Waals surface area (Å²) in [6.45, 7) is 2.15. The number of anilines is 1. The fourth-order valence-corrected chi connectivity index (χ4v) is 2.99. The summed E-state index contributed by atoms with van der Waals surface area (Å²) in [4.78, 5) is 38.3. The summed E-state index contributed by atoms with van der Waals surface area (Å²) in [5.41, 5.74) is 1.39. The number of nitrogens with one attached hydrogen (secondary N) is 1. The Kier molecular flexibility index (Phi) is 6.03. The Hall–Kier alpha value is -3.22. The molecule has 2 atom stereocenters. The van der Waals surface area contributed by atoms with Gasteiger partial charge in [-0.15, -0.1) is 0 Å². The Morgan fingerprint density at radius 3 is 2.54 bits per heavy atom. The second-order valence-electron chi connectivity index (χ2n) is 6.74. The zero-order chi connectivity index (χ0) is 20.1. The smallest absolute Gasteiger partial charge is 0.312 e. The highest BCUT2D eigenvalue weighted by molar-refractivity contribution is 5.95. The van der Waals surface area contributed by atoms with Crippen molar-refractivity contribution < 1.29 is 23.5 Å². The van der Waals surface area contributed by atoms with E-state index in [0.717, 1.165) is 5.56 Å². The molecular weight excluding hydrogens is 363 g/mol. The molecule has 1 heterocycles. The molecule has 0 saturated carbocycles. The summed E-state index contributed by atoms with van der Waals surface area (Å²) >= 11 is 0.